The topological polar surface area (TPSA) is 87.4 Å². The van der Waals surface area contributed by atoms with Crippen LogP contribution in [-0.4, -0.2) is 52.7 Å². The summed E-state index contributed by atoms with van der Waals surface area (Å²) in [6.45, 7) is 2.68. The monoisotopic (exact) mass is 546 g/mol. The number of hydrogen-bond donors (Lipinski definition) is 2. The molecule has 1 unspecified atom stereocenters. The molecule has 0 saturated carbocycles. The van der Waals surface area contributed by atoms with Gasteiger partial charge in [-0.25, -0.2) is 4.39 Å². The van der Waals surface area contributed by atoms with Gasteiger partial charge in [-0.05, 0) is 48.3 Å². The van der Waals surface area contributed by atoms with Crippen LogP contribution < -0.4 is 5.32 Å². The highest BCUT2D eigenvalue weighted by Crippen LogP contribution is 2.30. The fourth-order valence-electron chi connectivity index (χ4n) is 4.50. The van der Waals surface area contributed by atoms with Crippen molar-refractivity contribution < 1.29 is 18.7 Å². The average Bonchev–Trinajstić information content (AvgIpc) is 3.30. The smallest absolute Gasteiger partial charge is 0.241 e. The molecule has 7 nitrogen and oxygen atoms in total. The second-order valence-corrected chi connectivity index (χ2v) is 9.96. The molecule has 2 aromatic rings. The summed E-state index contributed by atoms with van der Waals surface area (Å²) in [5.74, 6) is -0.845. The largest absolute Gasteiger partial charge is 0.363 e. The lowest BCUT2D eigenvalue weighted by molar-refractivity contribution is -0.133. The van der Waals surface area contributed by atoms with E-state index in [1.165, 1.54) is 19.1 Å². The number of hydrogen-bond acceptors (Lipinski definition) is 4. The van der Waals surface area contributed by atoms with Crippen molar-refractivity contribution in [3.63, 3.8) is 0 Å². The number of rotatable bonds is 7. The van der Waals surface area contributed by atoms with Crippen molar-refractivity contribution in [2.24, 2.45) is 0 Å². The SMILES string of the molecule is CC(=O)NCC(=O)N1CCC(n2ccc(C3=CC(OCc4c(Cl)ccc(F)c4Cl)C(=N)CC=C3)c2)CC1. The maximum Gasteiger partial charge on any atom is 0.241 e. The molecule has 4 rings (SSSR count). The third-order valence-corrected chi connectivity index (χ3v) is 7.39. The van der Waals surface area contributed by atoms with Crippen molar-refractivity contribution in [1.82, 2.24) is 14.8 Å². The number of allylic oxidation sites excluding steroid dienone is 3. The summed E-state index contributed by atoms with van der Waals surface area (Å²) in [6.07, 6.45) is 11.3. The van der Waals surface area contributed by atoms with Gasteiger partial charge in [-0.15, -0.1) is 0 Å². The molecular formula is C27H29Cl2FN4O3. The second kappa shape index (κ2) is 12.1. The Balaban J connectivity index is 1.41. The van der Waals surface area contributed by atoms with E-state index >= 15 is 0 Å². The second-order valence-electron chi connectivity index (χ2n) is 9.18. The van der Waals surface area contributed by atoms with Crippen LogP contribution in [0.15, 0.2) is 48.8 Å². The molecule has 37 heavy (non-hydrogen) atoms. The number of carbonyl (C=O) groups excluding carboxylic acids is 2. The van der Waals surface area contributed by atoms with E-state index in [0.29, 0.717) is 35.8 Å². The minimum Gasteiger partial charge on any atom is -0.363 e. The minimum atomic E-state index is -0.610. The van der Waals surface area contributed by atoms with E-state index in [1.54, 1.807) is 4.90 Å². The van der Waals surface area contributed by atoms with Crippen LogP contribution in [0, 0.1) is 11.2 Å². The molecule has 2 heterocycles. The molecule has 0 bridgehead atoms. The first-order chi connectivity index (χ1) is 17.7. The molecule has 2 aliphatic rings. The molecule has 1 atom stereocenters. The fraction of sp³-hybridized carbons (Fsp3) is 0.370. The van der Waals surface area contributed by atoms with Gasteiger partial charge in [-0.3, -0.25) is 9.59 Å². The standard InChI is InChI=1S/C27H29Cl2FN4O3/c1-17(35)32-14-26(36)33-11-8-20(9-12-33)34-10-7-19(15-34)18-3-2-4-24(31)25(13-18)37-16-21-22(28)5-6-23(30)27(21)29/h2-3,5-7,10,13,15,20,25,31H,4,8-9,11-12,14,16H2,1H3,(H,32,35). The summed E-state index contributed by atoms with van der Waals surface area (Å²) in [4.78, 5) is 25.1. The van der Waals surface area contributed by atoms with Crippen molar-refractivity contribution in [1.29, 1.82) is 5.41 Å². The van der Waals surface area contributed by atoms with Gasteiger partial charge >= 0.3 is 0 Å². The Hall–Kier alpha value is -2.94. The van der Waals surface area contributed by atoms with Crippen LogP contribution in [0.1, 0.15) is 43.4 Å². The molecule has 0 spiro atoms. The third kappa shape index (κ3) is 6.69. The van der Waals surface area contributed by atoms with Crippen LogP contribution in [0.3, 0.4) is 0 Å². The molecule has 1 aromatic carbocycles. The van der Waals surface area contributed by atoms with Crippen molar-refractivity contribution in [2.75, 3.05) is 19.6 Å². The molecule has 2 amide bonds. The van der Waals surface area contributed by atoms with Crippen LogP contribution in [0.25, 0.3) is 5.57 Å². The number of carbonyl (C=O) groups is 2. The van der Waals surface area contributed by atoms with Gasteiger partial charge in [0.25, 0.3) is 0 Å². The number of ether oxygens (including phenoxy) is 1. The Labute approximate surface area is 225 Å². The Bertz CT molecular complexity index is 1250. The van der Waals surface area contributed by atoms with Crippen molar-refractivity contribution >= 4 is 46.3 Å². The van der Waals surface area contributed by atoms with Crippen LogP contribution in [0.2, 0.25) is 10.0 Å². The van der Waals surface area contributed by atoms with Gasteiger partial charge in [0.15, 0.2) is 0 Å². The van der Waals surface area contributed by atoms with E-state index in [1.807, 2.05) is 30.5 Å². The first kappa shape index (κ1) is 27.1. The lowest BCUT2D eigenvalue weighted by Gasteiger charge is -2.32. The molecule has 1 aliphatic heterocycles. The highest BCUT2D eigenvalue weighted by Gasteiger charge is 2.24. The number of benzene rings is 1. The maximum atomic E-state index is 13.9. The summed E-state index contributed by atoms with van der Waals surface area (Å²) in [7, 11) is 0. The number of amides is 2. The van der Waals surface area contributed by atoms with E-state index in [9.17, 15) is 14.0 Å². The minimum absolute atomic E-state index is 0.0213. The molecule has 10 heteroatoms. The summed E-state index contributed by atoms with van der Waals surface area (Å²) in [5, 5.41) is 11.2. The third-order valence-electron chi connectivity index (χ3n) is 6.63. The van der Waals surface area contributed by atoms with Gasteiger partial charge in [0.05, 0.1) is 18.2 Å². The summed E-state index contributed by atoms with van der Waals surface area (Å²) in [5.41, 5.74) is 2.65. The highest BCUT2D eigenvalue weighted by atomic mass is 35.5. The van der Waals surface area contributed by atoms with Gasteiger partial charge in [0.1, 0.15) is 11.9 Å². The molecule has 0 radical (unpaired) electrons. The predicted molar refractivity (Wildman–Crippen MR) is 142 cm³/mol. The number of piperidine rings is 1. The lowest BCUT2D eigenvalue weighted by Crippen LogP contribution is -2.43. The fourth-order valence-corrected chi connectivity index (χ4v) is 4.98. The Kier molecular flexibility index (Phi) is 8.84. The van der Waals surface area contributed by atoms with E-state index < -0.39 is 11.9 Å². The molecule has 1 aromatic heterocycles. The van der Waals surface area contributed by atoms with E-state index in [-0.39, 0.29) is 36.0 Å². The van der Waals surface area contributed by atoms with Crippen molar-refractivity contribution in [2.45, 2.75) is 44.9 Å². The predicted octanol–water partition coefficient (Wildman–Crippen LogP) is 5.18. The van der Waals surface area contributed by atoms with Crippen LogP contribution in [-0.2, 0) is 20.9 Å². The molecular weight excluding hydrogens is 518 g/mol. The molecule has 1 fully saturated rings. The quantitative estimate of drug-likeness (QED) is 0.469. The van der Waals surface area contributed by atoms with E-state index in [4.69, 9.17) is 33.3 Å². The number of aromatic nitrogens is 1. The van der Waals surface area contributed by atoms with Gasteiger partial charge in [-0.1, -0.05) is 35.4 Å². The summed E-state index contributed by atoms with van der Waals surface area (Å²) in [6, 6.07) is 4.93. The van der Waals surface area contributed by atoms with E-state index in [0.717, 1.165) is 24.0 Å². The molecule has 1 aliphatic carbocycles. The Morgan fingerprint density at radius 3 is 2.70 bits per heavy atom. The van der Waals surface area contributed by atoms with Crippen LogP contribution in [0.5, 0.6) is 0 Å². The lowest BCUT2D eigenvalue weighted by atomic mass is 10.0. The zero-order chi connectivity index (χ0) is 26.5. The molecule has 2 N–H and O–H groups in total. The number of nitrogens with one attached hydrogen (secondary N) is 2. The summed E-state index contributed by atoms with van der Waals surface area (Å²) < 4.78 is 22.0. The molecule has 1 saturated heterocycles. The Morgan fingerprint density at radius 2 is 1.97 bits per heavy atom. The van der Waals surface area contributed by atoms with Gasteiger partial charge < -0.3 is 24.9 Å². The highest BCUT2D eigenvalue weighted by molar-refractivity contribution is 6.36. The number of nitrogens with zero attached hydrogens (tertiary/aromatic N) is 2. The number of halogens is 3. The van der Waals surface area contributed by atoms with Gasteiger partial charge in [0.2, 0.25) is 11.8 Å². The zero-order valence-electron chi connectivity index (χ0n) is 20.5. The van der Waals surface area contributed by atoms with Gasteiger partial charge in [0, 0.05) is 61.2 Å². The van der Waals surface area contributed by atoms with Crippen molar-refractivity contribution in [3.05, 3.63) is 75.8 Å². The van der Waals surface area contributed by atoms with Crippen LogP contribution in [0.4, 0.5) is 4.39 Å². The maximum absolute atomic E-state index is 13.9. The normalized spacial score (nSPS) is 18.5. The summed E-state index contributed by atoms with van der Waals surface area (Å²) >= 11 is 12.3. The van der Waals surface area contributed by atoms with Crippen molar-refractivity contribution in [3.8, 4) is 0 Å². The first-order valence-electron chi connectivity index (χ1n) is 12.1. The Morgan fingerprint density at radius 1 is 1.22 bits per heavy atom. The van der Waals surface area contributed by atoms with Gasteiger partial charge in [-0.2, -0.15) is 0 Å². The molecule has 196 valence electrons. The van der Waals surface area contributed by atoms with Crippen LogP contribution >= 0.6 is 23.2 Å². The van der Waals surface area contributed by atoms with E-state index in [2.05, 4.69) is 16.1 Å². The first-order valence-corrected chi connectivity index (χ1v) is 12.9. The average molecular weight is 547 g/mol. The zero-order valence-corrected chi connectivity index (χ0v) is 22.0. The number of likely N-dealkylation sites (tertiary alicyclic amines) is 1.